The Bertz CT molecular complexity index is 1150. The van der Waals surface area contributed by atoms with E-state index in [9.17, 15) is 10.4 Å². The molecule has 2 heterocycles. The molecule has 2 atom stereocenters. The monoisotopic (exact) mass is 446 g/mol. The van der Waals surface area contributed by atoms with Gasteiger partial charge < -0.3 is 10.4 Å². The lowest BCUT2D eigenvalue weighted by Crippen LogP contribution is -2.37. The van der Waals surface area contributed by atoms with Crippen LogP contribution in [0.1, 0.15) is 55.8 Å². The number of hydrogen-bond donors (Lipinski definition) is 2. The molecule has 2 aromatic heterocycles. The Balaban J connectivity index is 1.39. The van der Waals surface area contributed by atoms with Gasteiger partial charge in [-0.2, -0.15) is 9.94 Å². The molecule has 1 aromatic carbocycles. The van der Waals surface area contributed by atoms with Crippen LogP contribution in [0.3, 0.4) is 0 Å². The van der Waals surface area contributed by atoms with E-state index in [-0.39, 0.29) is 11.5 Å². The molecule has 0 unspecified atom stereocenters. The van der Waals surface area contributed by atoms with Gasteiger partial charge in [-0.05, 0) is 78.5 Å². The molecule has 0 aliphatic heterocycles. The molecule has 0 bridgehead atoms. The van der Waals surface area contributed by atoms with Crippen molar-refractivity contribution >= 4 is 5.95 Å². The zero-order valence-electron chi connectivity index (χ0n) is 19.4. The third-order valence-corrected chi connectivity index (χ3v) is 6.51. The topological polar surface area (TPSA) is 125 Å². The third kappa shape index (κ3) is 5.34. The maximum Gasteiger partial charge on any atom is 0.222 e. The lowest BCUT2D eigenvalue weighted by molar-refractivity contribution is -0.00748. The molecule has 0 amide bonds. The smallest absolute Gasteiger partial charge is 0.222 e. The highest BCUT2D eigenvalue weighted by atomic mass is 16.3. The minimum atomic E-state index is -0.268. The van der Waals surface area contributed by atoms with Crippen LogP contribution in [0, 0.1) is 29.6 Å². The number of aliphatic hydroxyl groups is 1. The molecule has 172 valence electrons. The molecular weight excluding hydrogens is 416 g/mol. The van der Waals surface area contributed by atoms with Gasteiger partial charge in [0.05, 0.1) is 29.2 Å². The zero-order chi connectivity index (χ0) is 23.4. The van der Waals surface area contributed by atoms with Gasteiger partial charge in [-0.25, -0.2) is 9.97 Å². The summed E-state index contributed by atoms with van der Waals surface area (Å²) in [6.07, 6.45) is 5.50. The molecule has 1 aliphatic rings. The number of anilines is 1. The molecule has 0 radical (unpaired) electrons. The molecule has 2 N–H and O–H groups in total. The largest absolute Gasteiger partial charge is 0.393 e. The van der Waals surface area contributed by atoms with Crippen molar-refractivity contribution in [2.75, 3.05) is 11.9 Å². The maximum absolute atomic E-state index is 10.2. The second-order valence-corrected chi connectivity index (χ2v) is 9.51. The fourth-order valence-electron chi connectivity index (χ4n) is 4.60. The van der Waals surface area contributed by atoms with Crippen LogP contribution < -0.4 is 5.32 Å². The Labute approximate surface area is 193 Å². The summed E-state index contributed by atoms with van der Waals surface area (Å²) in [5.41, 5.74) is 3.26. The molecule has 1 aliphatic carbocycles. The number of nitriles is 1. The average molecular weight is 447 g/mol. The van der Waals surface area contributed by atoms with Gasteiger partial charge in [0.25, 0.3) is 0 Å². The lowest BCUT2D eigenvalue weighted by atomic mass is 9.69. The van der Waals surface area contributed by atoms with E-state index < -0.39 is 0 Å². The van der Waals surface area contributed by atoms with Gasteiger partial charge in [0, 0.05) is 6.54 Å². The van der Waals surface area contributed by atoms with Crippen LogP contribution in [0.15, 0.2) is 30.5 Å². The average Bonchev–Trinajstić information content (AvgIpc) is 3.22. The van der Waals surface area contributed by atoms with Crippen molar-refractivity contribution in [3.63, 3.8) is 0 Å². The molecular formula is C24H30N8O. The van der Waals surface area contributed by atoms with Crippen LogP contribution in [0.4, 0.5) is 5.95 Å². The first-order valence-electron chi connectivity index (χ1n) is 11.4. The van der Waals surface area contributed by atoms with Crippen LogP contribution in [0.2, 0.25) is 0 Å². The quantitative estimate of drug-likeness (QED) is 0.567. The van der Waals surface area contributed by atoms with Crippen LogP contribution in [-0.4, -0.2) is 47.9 Å². The number of nitrogens with one attached hydrogen (secondary N) is 1. The first kappa shape index (κ1) is 22.8. The van der Waals surface area contributed by atoms with Gasteiger partial charge in [0.15, 0.2) is 5.82 Å². The van der Waals surface area contributed by atoms with E-state index in [1.54, 1.807) is 10.9 Å². The predicted octanol–water partition coefficient (Wildman–Crippen LogP) is 3.02. The Morgan fingerprint density at radius 1 is 1.30 bits per heavy atom. The van der Waals surface area contributed by atoms with Gasteiger partial charge in [0.1, 0.15) is 6.07 Å². The van der Waals surface area contributed by atoms with E-state index in [0.717, 1.165) is 54.9 Å². The van der Waals surface area contributed by atoms with Gasteiger partial charge in [-0.3, -0.25) is 0 Å². The summed E-state index contributed by atoms with van der Waals surface area (Å²) in [4.78, 5) is 9.00. The zero-order valence-corrected chi connectivity index (χ0v) is 19.4. The first-order chi connectivity index (χ1) is 15.9. The highest BCUT2D eigenvalue weighted by Gasteiger charge is 2.35. The van der Waals surface area contributed by atoms with Crippen molar-refractivity contribution < 1.29 is 5.11 Å². The number of nitrogens with zero attached hydrogens (tertiary/aromatic N) is 7. The minimum Gasteiger partial charge on any atom is -0.393 e. The number of aliphatic hydroxyl groups excluding tert-OH is 1. The summed E-state index contributed by atoms with van der Waals surface area (Å²) in [7, 11) is 0. The van der Waals surface area contributed by atoms with Gasteiger partial charge in [0.2, 0.25) is 5.95 Å². The molecule has 1 saturated carbocycles. The molecule has 1 fully saturated rings. The van der Waals surface area contributed by atoms with Crippen LogP contribution >= 0.6 is 0 Å². The van der Waals surface area contributed by atoms with Crippen LogP contribution in [-0.2, 0) is 12.8 Å². The highest BCUT2D eigenvalue weighted by Crippen LogP contribution is 2.40. The first-order valence-corrected chi connectivity index (χ1v) is 11.4. The molecule has 0 spiro atoms. The van der Waals surface area contributed by atoms with E-state index in [4.69, 9.17) is 0 Å². The Morgan fingerprint density at radius 2 is 2.15 bits per heavy atom. The molecule has 33 heavy (non-hydrogen) atoms. The number of aromatic nitrogens is 6. The summed E-state index contributed by atoms with van der Waals surface area (Å²) in [5, 5.41) is 34.7. The van der Waals surface area contributed by atoms with E-state index in [0.29, 0.717) is 24.0 Å². The number of rotatable bonds is 7. The molecule has 9 nitrogen and oxygen atoms in total. The summed E-state index contributed by atoms with van der Waals surface area (Å²) < 4.78 is 1.71. The van der Waals surface area contributed by atoms with Crippen molar-refractivity contribution in [3.05, 3.63) is 53.1 Å². The van der Waals surface area contributed by atoms with Crippen molar-refractivity contribution in [2.24, 2.45) is 11.3 Å². The van der Waals surface area contributed by atoms with Crippen molar-refractivity contribution in [1.82, 2.24) is 30.2 Å². The van der Waals surface area contributed by atoms with Crippen molar-refractivity contribution in [1.29, 1.82) is 5.26 Å². The summed E-state index contributed by atoms with van der Waals surface area (Å²) >= 11 is 0. The highest BCUT2D eigenvalue weighted by molar-refractivity contribution is 5.38. The normalized spacial score (nSPS) is 19.7. The minimum absolute atomic E-state index is 0.112. The fourth-order valence-corrected chi connectivity index (χ4v) is 4.60. The van der Waals surface area contributed by atoms with Crippen molar-refractivity contribution in [3.8, 4) is 11.8 Å². The molecule has 0 saturated heterocycles. The van der Waals surface area contributed by atoms with E-state index >= 15 is 0 Å². The Morgan fingerprint density at radius 3 is 2.88 bits per heavy atom. The second-order valence-electron chi connectivity index (χ2n) is 9.51. The SMILES string of the molecule is Cc1nnnn1-c1cccc(CCNc2ncc(C#N)c(C[C@@H]3CC[C@H](O)C(C)(C)C3)n2)c1. The lowest BCUT2D eigenvalue weighted by Gasteiger charge is -2.39. The van der Waals surface area contributed by atoms with Gasteiger partial charge in [-0.15, -0.1) is 5.10 Å². The van der Waals surface area contributed by atoms with Crippen LogP contribution in [0.25, 0.3) is 5.69 Å². The Kier molecular flexibility index (Phi) is 6.65. The standard InChI is InChI=1S/C24H30N8O/c1-16-29-30-31-32(16)20-6-4-5-17(11-20)9-10-26-23-27-15-19(14-25)21(28-23)12-18-7-8-22(33)24(2,3)13-18/h4-6,11,15,18,22,33H,7-10,12-13H2,1-3H3,(H,26,27,28)/t18-,22-/m0/s1. The third-order valence-electron chi connectivity index (χ3n) is 6.51. The van der Waals surface area contributed by atoms with Gasteiger partial charge in [-0.1, -0.05) is 26.0 Å². The second kappa shape index (κ2) is 9.63. The number of benzene rings is 1. The Hall–Kier alpha value is -3.38. The molecule has 3 aromatic rings. The van der Waals surface area contributed by atoms with E-state index in [2.05, 4.69) is 62.9 Å². The van der Waals surface area contributed by atoms with Crippen molar-refractivity contribution in [2.45, 2.75) is 59.0 Å². The predicted molar refractivity (Wildman–Crippen MR) is 124 cm³/mol. The van der Waals surface area contributed by atoms with E-state index in [1.807, 2.05) is 19.1 Å². The number of aryl methyl sites for hydroxylation is 1. The summed E-state index contributed by atoms with van der Waals surface area (Å²) in [6.45, 7) is 6.74. The number of hydrogen-bond acceptors (Lipinski definition) is 8. The van der Waals surface area contributed by atoms with E-state index in [1.165, 1.54) is 0 Å². The maximum atomic E-state index is 10.2. The summed E-state index contributed by atoms with van der Waals surface area (Å²) in [5.74, 6) is 1.67. The van der Waals surface area contributed by atoms with Crippen LogP contribution in [0.5, 0.6) is 0 Å². The number of tetrazole rings is 1. The fraction of sp³-hybridized carbons (Fsp3) is 0.500. The molecule has 9 heteroatoms. The van der Waals surface area contributed by atoms with Gasteiger partial charge >= 0.3 is 0 Å². The molecule has 4 rings (SSSR count). The summed E-state index contributed by atoms with van der Waals surface area (Å²) in [6, 6.07) is 10.3.